The first-order valence-corrected chi connectivity index (χ1v) is 5.81. The van der Waals surface area contributed by atoms with Crippen molar-refractivity contribution in [1.82, 2.24) is 5.32 Å². The summed E-state index contributed by atoms with van der Waals surface area (Å²) in [5.41, 5.74) is 0. The third-order valence-electron chi connectivity index (χ3n) is 2.22. The van der Waals surface area contributed by atoms with Crippen molar-refractivity contribution in [2.45, 2.75) is 16.9 Å². The van der Waals surface area contributed by atoms with E-state index in [9.17, 15) is 4.79 Å². The van der Waals surface area contributed by atoms with E-state index in [2.05, 4.69) is 5.32 Å². The molecule has 1 aliphatic rings. The molecule has 0 bridgehead atoms. The van der Waals surface area contributed by atoms with E-state index in [1.165, 1.54) is 6.92 Å². The Morgan fingerprint density at radius 1 is 1.40 bits per heavy atom. The van der Waals surface area contributed by atoms with Gasteiger partial charge >= 0.3 is 0 Å². The van der Waals surface area contributed by atoms with Crippen LogP contribution >= 0.6 is 34.8 Å². The van der Waals surface area contributed by atoms with Crippen molar-refractivity contribution >= 4 is 40.7 Å². The molecule has 1 saturated heterocycles. The third kappa shape index (κ3) is 4.33. The lowest BCUT2D eigenvalue weighted by atomic mass is 10.3. The minimum absolute atomic E-state index is 0.203. The number of amides is 1. The van der Waals surface area contributed by atoms with E-state index in [1.807, 2.05) is 0 Å². The predicted molar refractivity (Wildman–Crippen MR) is 59.4 cm³/mol. The number of halogens is 3. The first-order valence-electron chi connectivity index (χ1n) is 4.67. The Balaban J connectivity index is 2.66. The summed E-state index contributed by atoms with van der Waals surface area (Å²) in [6, 6.07) is 0. The summed E-state index contributed by atoms with van der Waals surface area (Å²) < 4.78 is 3.70. The SMILES string of the molecule is CC(=O)N[C@H]([NH+]1CCOCC1)C(Cl)(Cl)Cl. The monoisotopic (exact) mass is 275 g/mol. The fourth-order valence-corrected chi connectivity index (χ4v) is 2.17. The van der Waals surface area contributed by atoms with Crippen molar-refractivity contribution in [3.05, 3.63) is 0 Å². The summed E-state index contributed by atoms with van der Waals surface area (Å²) in [6.07, 6.45) is -0.524. The van der Waals surface area contributed by atoms with Gasteiger partial charge in [-0.15, -0.1) is 0 Å². The number of ether oxygens (including phenoxy) is 1. The zero-order valence-corrected chi connectivity index (χ0v) is 10.6. The van der Waals surface area contributed by atoms with Gasteiger partial charge in [-0.3, -0.25) is 4.79 Å². The van der Waals surface area contributed by atoms with Gasteiger partial charge in [0.1, 0.15) is 13.1 Å². The molecule has 1 fully saturated rings. The van der Waals surface area contributed by atoms with E-state index in [0.29, 0.717) is 13.2 Å². The number of hydrogen-bond donors (Lipinski definition) is 2. The molecule has 0 unspecified atom stereocenters. The van der Waals surface area contributed by atoms with Gasteiger partial charge in [-0.2, -0.15) is 0 Å². The summed E-state index contributed by atoms with van der Waals surface area (Å²) in [5.74, 6) is -0.203. The van der Waals surface area contributed by atoms with Crippen LogP contribution in [-0.2, 0) is 9.53 Å². The number of nitrogens with one attached hydrogen (secondary N) is 2. The van der Waals surface area contributed by atoms with Crippen molar-refractivity contribution in [3.8, 4) is 0 Å². The molecule has 0 aromatic carbocycles. The molecule has 0 aromatic rings. The predicted octanol–water partition coefficient (Wildman–Crippen LogP) is -0.266. The van der Waals surface area contributed by atoms with Gasteiger partial charge in [-0.25, -0.2) is 0 Å². The van der Waals surface area contributed by atoms with Crippen molar-refractivity contribution in [3.63, 3.8) is 0 Å². The van der Waals surface area contributed by atoms with Crippen LogP contribution in [0.1, 0.15) is 6.92 Å². The molecule has 88 valence electrons. The van der Waals surface area contributed by atoms with Crippen LogP contribution in [0.4, 0.5) is 0 Å². The Bertz CT molecular complexity index is 226. The van der Waals surface area contributed by atoms with Gasteiger partial charge < -0.3 is 15.0 Å². The highest BCUT2D eigenvalue weighted by Crippen LogP contribution is 2.27. The molecule has 2 N–H and O–H groups in total. The maximum Gasteiger partial charge on any atom is 0.262 e. The number of morpholine rings is 1. The number of carbonyl (C=O) groups is 1. The lowest BCUT2D eigenvalue weighted by Gasteiger charge is -2.34. The molecule has 0 spiro atoms. The van der Waals surface area contributed by atoms with Crippen LogP contribution < -0.4 is 10.2 Å². The van der Waals surface area contributed by atoms with E-state index < -0.39 is 9.96 Å². The van der Waals surface area contributed by atoms with Crippen molar-refractivity contribution < 1.29 is 14.4 Å². The fourth-order valence-electron chi connectivity index (χ4n) is 1.54. The minimum Gasteiger partial charge on any atom is -0.370 e. The molecular weight excluding hydrogens is 262 g/mol. The molecule has 4 nitrogen and oxygen atoms in total. The summed E-state index contributed by atoms with van der Waals surface area (Å²) in [4.78, 5) is 12.0. The van der Waals surface area contributed by atoms with Gasteiger partial charge in [0.05, 0.1) is 13.2 Å². The van der Waals surface area contributed by atoms with E-state index in [4.69, 9.17) is 39.5 Å². The molecular formula is C8H14Cl3N2O2+. The normalized spacial score (nSPS) is 21.1. The van der Waals surface area contributed by atoms with Gasteiger partial charge in [0.25, 0.3) is 3.79 Å². The third-order valence-corrected chi connectivity index (χ3v) is 2.87. The average Bonchev–Trinajstić information content (AvgIpc) is 2.14. The highest BCUT2D eigenvalue weighted by molar-refractivity contribution is 6.68. The Labute approximate surface area is 104 Å². The van der Waals surface area contributed by atoms with E-state index in [-0.39, 0.29) is 5.91 Å². The molecule has 1 amide bonds. The van der Waals surface area contributed by atoms with Crippen LogP contribution in [0.5, 0.6) is 0 Å². The van der Waals surface area contributed by atoms with Crippen molar-refractivity contribution in [2.75, 3.05) is 26.3 Å². The van der Waals surface area contributed by atoms with Gasteiger partial charge in [0, 0.05) is 6.92 Å². The number of rotatable bonds is 2. The molecule has 1 heterocycles. The number of carbonyl (C=O) groups excluding carboxylic acids is 1. The van der Waals surface area contributed by atoms with Crippen LogP contribution in [0.3, 0.4) is 0 Å². The van der Waals surface area contributed by atoms with Crippen LogP contribution in [-0.4, -0.2) is 42.2 Å². The first kappa shape index (κ1) is 13.3. The second kappa shape index (κ2) is 5.55. The van der Waals surface area contributed by atoms with Crippen LogP contribution in [0, 0.1) is 0 Å². The second-order valence-corrected chi connectivity index (χ2v) is 5.81. The highest BCUT2D eigenvalue weighted by atomic mass is 35.6. The van der Waals surface area contributed by atoms with Crippen LogP contribution in [0.2, 0.25) is 0 Å². The van der Waals surface area contributed by atoms with Crippen LogP contribution in [0.15, 0.2) is 0 Å². The Morgan fingerprint density at radius 3 is 2.33 bits per heavy atom. The molecule has 1 rings (SSSR count). The van der Waals surface area contributed by atoms with E-state index >= 15 is 0 Å². The molecule has 1 aliphatic heterocycles. The molecule has 1 atom stereocenters. The molecule has 0 aromatic heterocycles. The largest absolute Gasteiger partial charge is 0.370 e. The van der Waals surface area contributed by atoms with Gasteiger partial charge in [-0.1, -0.05) is 34.8 Å². The molecule has 15 heavy (non-hydrogen) atoms. The molecule has 0 radical (unpaired) electrons. The Morgan fingerprint density at radius 2 is 1.93 bits per heavy atom. The van der Waals surface area contributed by atoms with Crippen molar-refractivity contribution in [1.29, 1.82) is 0 Å². The second-order valence-electron chi connectivity index (χ2n) is 3.45. The minimum atomic E-state index is -1.50. The summed E-state index contributed by atoms with van der Waals surface area (Å²) in [5, 5.41) is 2.66. The van der Waals surface area contributed by atoms with Crippen LogP contribution in [0.25, 0.3) is 0 Å². The maximum atomic E-state index is 11.0. The number of quaternary nitrogens is 1. The smallest absolute Gasteiger partial charge is 0.262 e. The molecule has 7 heteroatoms. The van der Waals surface area contributed by atoms with Crippen molar-refractivity contribution in [2.24, 2.45) is 0 Å². The summed E-state index contributed by atoms with van der Waals surface area (Å²) in [7, 11) is 0. The maximum absolute atomic E-state index is 11.0. The zero-order valence-electron chi connectivity index (χ0n) is 8.36. The quantitative estimate of drug-likeness (QED) is 0.682. The highest BCUT2D eigenvalue weighted by Gasteiger charge is 2.42. The lowest BCUT2D eigenvalue weighted by molar-refractivity contribution is -0.934. The lowest BCUT2D eigenvalue weighted by Crippen LogP contribution is -3.21. The summed E-state index contributed by atoms with van der Waals surface area (Å²) >= 11 is 17.5. The zero-order chi connectivity index (χ0) is 11.5. The van der Waals surface area contributed by atoms with E-state index in [0.717, 1.165) is 18.0 Å². The standard InChI is InChI=1S/C8H13Cl3N2O2/c1-6(14)12-7(8(9,10)11)13-2-4-15-5-3-13/h7H,2-5H2,1H3,(H,12,14)/p+1/t7-/m1/s1. The number of hydrogen-bond acceptors (Lipinski definition) is 2. The van der Waals surface area contributed by atoms with Gasteiger partial charge in [0.2, 0.25) is 12.1 Å². The first-order chi connectivity index (χ1) is 6.91. The number of alkyl halides is 3. The Kier molecular flexibility index (Phi) is 4.93. The molecule has 0 aliphatic carbocycles. The van der Waals surface area contributed by atoms with Gasteiger partial charge in [0.15, 0.2) is 0 Å². The summed E-state index contributed by atoms with van der Waals surface area (Å²) in [6.45, 7) is 4.08. The molecule has 0 saturated carbocycles. The Hall–Kier alpha value is 0.260. The fraction of sp³-hybridized carbons (Fsp3) is 0.875. The topological polar surface area (TPSA) is 42.8 Å². The average molecular weight is 277 g/mol. The van der Waals surface area contributed by atoms with E-state index in [1.54, 1.807) is 0 Å². The van der Waals surface area contributed by atoms with Gasteiger partial charge in [-0.05, 0) is 0 Å².